The molecule has 0 unspecified atom stereocenters. The van der Waals surface area contributed by atoms with Crippen LogP contribution >= 0.6 is 12.4 Å². The fraction of sp³-hybridized carbons (Fsp3) is 0.304. The standard InChI is InChI=1S/C23H26N4O2.ClH/c1-17-21(24-13-14-29-17)23(28)26(2)15-19-16-27(20-11-7-4-8-12-20)25-22(19)18-9-5-3-6-10-18;/h3-12,16-17,21,24H,13-15H2,1-2H3;1H/t17-,21+;/m1./s1. The summed E-state index contributed by atoms with van der Waals surface area (Å²) in [5.74, 6) is 0.0312. The minimum Gasteiger partial charge on any atom is -0.375 e. The lowest BCUT2D eigenvalue weighted by molar-refractivity contribution is -0.138. The highest BCUT2D eigenvalue weighted by atomic mass is 35.5. The van der Waals surface area contributed by atoms with Crippen LogP contribution in [0.5, 0.6) is 0 Å². The number of ether oxygens (including phenoxy) is 1. The first kappa shape index (κ1) is 22.0. The molecule has 1 amide bonds. The predicted octanol–water partition coefficient (Wildman–Crippen LogP) is 3.30. The van der Waals surface area contributed by atoms with Crippen molar-refractivity contribution in [2.24, 2.45) is 0 Å². The summed E-state index contributed by atoms with van der Waals surface area (Å²) in [4.78, 5) is 14.7. The summed E-state index contributed by atoms with van der Waals surface area (Å²) in [5, 5.41) is 8.10. The van der Waals surface area contributed by atoms with Crippen molar-refractivity contribution in [3.8, 4) is 16.9 Å². The molecule has 1 aliphatic rings. The molecule has 4 rings (SSSR count). The molecule has 0 spiro atoms. The van der Waals surface area contributed by atoms with Crippen LogP contribution in [0.1, 0.15) is 12.5 Å². The van der Waals surface area contributed by atoms with E-state index in [2.05, 4.69) is 5.32 Å². The number of nitrogens with one attached hydrogen (secondary N) is 1. The van der Waals surface area contributed by atoms with Crippen molar-refractivity contribution in [1.82, 2.24) is 20.0 Å². The van der Waals surface area contributed by atoms with Crippen LogP contribution in [0.25, 0.3) is 16.9 Å². The first-order valence-corrected chi connectivity index (χ1v) is 9.93. The number of aromatic nitrogens is 2. The molecule has 6 nitrogen and oxygen atoms in total. The molecule has 1 aromatic heterocycles. The van der Waals surface area contributed by atoms with Crippen molar-refractivity contribution in [3.05, 3.63) is 72.4 Å². The third kappa shape index (κ3) is 4.73. The number of benzene rings is 2. The second kappa shape index (κ2) is 9.89. The quantitative estimate of drug-likeness (QED) is 0.680. The Hall–Kier alpha value is -2.67. The first-order chi connectivity index (χ1) is 14.1. The van der Waals surface area contributed by atoms with Gasteiger partial charge in [-0.15, -0.1) is 12.4 Å². The predicted molar refractivity (Wildman–Crippen MR) is 120 cm³/mol. The highest BCUT2D eigenvalue weighted by molar-refractivity contribution is 5.85. The fourth-order valence-corrected chi connectivity index (χ4v) is 3.66. The van der Waals surface area contributed by atoms with Gasteiger partial charge in [0.25, 0.3) is 0 Å². The van der Waals surface area contributed by atoms with Crippen molar-refractivity contribution in [2.45, 2.75) is 25.6 Å². The summed E-state index contributed by atoms with van der Waals surface area (Å²) in [7, 11) is 1.83. The van der Waals surface area contributed by atoms with Crippen molar-refractivity contribution in [2.75, 3.05) is 20.2 Å². The maximum atomic E-state index is 13.0. The highest BCUT2D eigenvalue weighted by Gasteiger charge is 2.31. The van der Waals surface area contributed by atoms with Gasteiger partial charge in [-0.05, 0) is 19.1 Å². The molecule has 0 radical (unpaired) electrons. The van der Waals surface area contributed by atoms with Gasteiger partial charge >= 0.3 is 0 Å². The van der Waals surface area contributed by atoms with Gasteiger partial charge in [0, 0.05) is 37.5 Å². The summed E-state index contributed by atoms with van der Waals surface area (Å²) in [6, 6.07) is 19.8. The maximum Gasteiger partial charge on any atom is 0.242 e. The van der Waals surface area contributed by atoms with Crippen molar-refractivity contribution >= 4 is 18.3 Å². The highest BCUT2D eigenvalue weighted by Crippen LogP contribution is 2.25. The fourth-order valence-electron chi connectivity index (χ4n) is 3.66. The zero-order valence-corrected chi connectivity index (χ0v) is 18.0. The summed E-state index contributed by atoms with van der Waals surface area (Å²) in [6.07, 6.45) is 1.87. The largest absolute Gasteiger partial charge is 0.375 e. The number of amides is 1. The zero-order valence-electron chi connectivity index (χ0n) is 17.2. The first-order valence-electron chi connectivity index (χ1n) is 9.93. The molecular formula is C23H27ClN4O2. The Kier molecular flexibility index (Phi) is 7.26. The van der Waals surface area contributed by atoms with Crippen molar-refractivity contribution in [1.29, 1.82) is 0 Å². The van der Waals surface area contributed by atoms with Crippen molar-refractivity contribution in [3.63, 3.8) is 0 Å². The van der Waals surface area contributed by atoms with E-state index in [9.17, 15) is 4.79 Å². The van der Waals surface area contributed by atoms with Gasteiger partial charge in [0.1, 0.15) is 6.04 Å². The number of carbonyl (C=O) groups excluding carboxylic acids is 1. The summed E-state index contributed by atoms with van der Waals surface area (Å²) in [5.41, 5.74) is 3.90. The monoisotopic (exact) mass is 426 g/mol. The van der Waals surface area contributed by atoms with Crippen LogP contribution < -0.4 is 5.32 Å². The smallest absolute Gasteiger partial charge is 0.242 e. The number of para-hydroxylation sites is 1. The van der Waals surface area contributed by atoms with Gasteiger partial charge in [-0.2, -0.15) is 5.10 Å². The minimum atomic E-state index is -0.321. The van der Waals surface area contributed by atoms with E-state index in [1.54, 1.807) is 4.90 Å². The van der Waals surface area contributed by atoms with Crippen LogP contribution in [0.4, 0.5) is 0 Å². The molecule has 2 atom stereocenters. The number of halogens is 1. The van der Waals surface area contributed by atoms with E-state index in [0.29, 0.717) is 19.7 Å². The number of rotatable bonds is 5. The summed E-state index contributed by atoms with van der Waals surface area (Å²) >= 11 is 0. The Bertz CT molecular complexity index is 962. The third-order valence-electron chi connectivity index (χ3n) is 5.22. The van der Waals surface area contributed by atoms with Crippen LogP contribution in [-0.2, 0) is 16.1 Å². The topological polar surface area (TPSA) is 59.4 Å². The molecule has 1 saturated heterocycles. The van der Waals surface area contributed by atoms with Crippen LogP contribution in [0.3, 0.4) is 0 Å². The van der Waals surface area contributed by atoms with Crippen LogP contribution in [0, 0.1) is 0 Å². The molecule has 2 heterocycles. The Labute approximate surface area is 183 Å². The molecule has 7 heteroatoms. The lowest BCUT2D eigenvalue weighted by Gasteiger charge is -2.32. The van der Waals surface area contributed by atoms with Gasteiger partial charge in [0.2, 0.25) is 5.91 Å². The molecule has 0 bridgehead atoms. The number of hydrogen-bond acceptors (Lipinski definition) is 4. The Morgan fingerprint density at radius 1 is 1.17 bits per heavy atom. The molecule has 1 N–H and O–H groups in total. The van der Waals surface area contributed by atoms with Gasteiger partial charge in [0.05, 0.1) is 24.1 Å². The maximum absolute atomic E-state index is 13.0. The molecular weight excluding hydrogens is 400 g/mol. The van der Waals surface area contributed by atoms with E-state index >= 15 is 0 Å². The summed E-state index contributed by atoms with van der Waals surface area (Å²) < 4.78 is 7.52. The molecule has 3 aromatic rings. The third-order valence-corrected chi connectivity index (χ3v) is 5.22. The second-order valence-corrected chi connectivity index (χ2v) is 7.35. The van der Waals surface area contributed by atoms with Gasteiger partial charge in [-0.3, -0.25) is 4.79 Å². The summed E-state index contributed by atoms with van der Waals surface area (Å²) in [6.45, 7) is 3.73. The Balaban J connectivity index is 0.00000256. The molecule has 0 aliphatic carbocycles. The number of carbonyl (C=O) groups is 1. The van der Waals surface area contributed by atoms with Gasteiger partial charge in [0.15, 0.2) is 0 Å². The normalized spacial score (nSPS) is 18.5. The number of likely N-dealkylation sites (N-methyl/N-ethyl adjacent to an activating group) is 1. The van der Waals surface area contributed by atoms with Crippen molar-refractivity contribution < 1.29 is 9.53 Å². The molecule has 2 aromatic carbocycles. The van der Waals surface area contributed by atoms with Crippen LogP contribution in [0.2, 0.25) is 0 Å². The van der Waals surface area contributed by atoms with Crippen LogP contribution in [-0.4, -0.2) is 52.9 Å². The zero-order chi connectivity index (χ0) is 20.2. The van der Waals surface area contributed by atoms with E-state index in [4.69, 9.17) is 9.84 Å². The van der Waals surface area contributed by atoms with E-state index in [1.807, 2.05) is 85.5 Å². The Morgan fingerprint density at radius 2 is 1.83 bits per heavy atom. The van der Waals surface area contributed by atoms with Gasteiger partial charge in [-0.25, -0.2) is 4.68 Å². The van der Waals surface area contributed by atoms with Gasteiger partial charge in [-0.1, -0.05) is 48.5 Å². The molecule has 158 valence electrons. The lowest BCUT2D eigenvalue weighted by atomic mass is 10.1. The van der Waals surface area contributed by atoms with E-state index in [1.165, 1.54) is 0 Å². The molecule has 1 fully saturated rings. The van der Waals surface area contributed by atoms with E-state index in [-0.39, 0.29) is 30.5 Å². The second-order valence-electron chi connectivity index (χ2n) is 7.35. The van der Waals surface area contributed by atoms with E-state index < -0.39 is 0 Å². The van der Waals surface area contributed by atoms with Gasteiger partial charge < -0.3 is 15.0 Å². The average molecular weight is 427 g/mol. The number of morpholine rings is 1. The number of nitrogens with zero attached hydrogens (tertiary/aromatic N) is 3. The molecule has 0 saturated carbocycles. The average Bonchev–Trinajstić information content (AvgIpc) is 3.18. The lowest BCUT2D eigenvalue weighted by Crippen LogP contribution is -2.55. The number of hydrogen-bond donors (Lipinski definition) is 1. The SMILES string of the molecule is C[C@H]1OCCN[C@@H]1C(=O)N(C)Cc1cn(-c2ccccc2)nc1-c1ccccc1.Cl. The minimum absolute atomic E-state index is 0. The van der Waals surface area contributed by atoms with Crippen LogP contribution in [0.15, 0.2) is 66.9 Å². The Morgan fingerprint density at radius 3 is 2.50 bits per heavy atom. The molecule has 30 heavy (non-hydrogen) atoms. The molecule has 1 aliphatic heterocycles. The van der Waals surface area contributed by atoms with E-state index in [0.717, 1.165) is 22.5 Å².